The molecule has 5 rings (SSSR count). The summed E-state index contributed by atoms with van der Waals surface area (Å²) in [6, 6.07) is 25.3. The van der Waals surface area contributed by atoms with Crippen LogP contribution < -0.4 is 5.32 Å². The van der Waals surface area contributed by atoms with E-state index in [1.54, 1.807) is 0 Å². The van der Waals surface area contributed by atoms with Gasteiger partial charge in [0, 0.05) is 39.6 Å². The van der Waals surface area contributed by atoms with Crippen LogP contribution in [-0.2, 0) is 6.42 Å². The van der Waals surface area contributed by atoms with Crippen molar-refractivity contribution in [3.63, 3.8) is 0 Å². The number of hydrogen-bond donors (Lipinski definition) is 2. The van der Waals surface area contributed by atoms with E-state index in [0.29, 0.717) is 23.6 Å². The molecular weight excluding hydrogens is 406 g/mol. The van der Waals surface area contributed by atoms with Crippen LogP contribution >= 0.6 is 11.6 Å². The molecule has 0 aliphatic carbocycles. The number of nitrogens with one attached hydrogen (secondary N) is 2. The standard InChI is InChI=1S/C26H20ClN3O/c27-19-10-11-23-21(14-19)18(16-29-23)12-13-28-26(31)22-15-25(17-6-2-1-3-7-17)30-24-9-5-4-8-20(22)24/h1-11,14-16,29H,12-13H2,(H,28,31). The number of amides is 1. The van der Waals surface area contributed by atoms with E-state index in [1.807, 2.05) is 85.1 Å². The Morgan fingerprint density at radius 1 is 0.935 bits per heavy atom. The minimum absolute atomic E-state index is 0.103. The van der Waals surface area contributed by atoms with Gasteiger partial charge in [0.2, 0.25) is 0 Å². The number of H-pyrrole nitrogens is 1. The van der Waals surface area contributed by atoms with Gasteiger partial charge in [-0.25, -0.2) is 4.98 Å². The fourth-order valence-electron chi connectivity index (χ4n) is 3.88. The number of nitrogens with zero attached hydrogens (tertiary/aromatic N) is 1. The number of carbonyl (C=O) groups is 1. The maximum atomic E-state index is 13.1. The van der Waals surface area contributed by atoms with E-state index in [2.05, 4.69) is 10.3 Å². The third-order valence-corrected chi connectivity index (χ3v) is 5.67. The molecule has 0 saturated carbocycles. The molecule has 5 aromatic rings. The fourth-order valence-corrected chi connectivity index (χ4v) is 4.06. The van der Waals surface area contributed by atoms with Gasteiger partial charge in [-0.1, -0.05) is 60.1 Å². The molecule has 0 aliphatic rings. The number of pyridine rings is 1. The van der Waals surface area contributed by atoms with Crippen molar-refractivity contribution in [2.75, 3.05) is 6.54 Å². The molecule has 152 valence electrons. The molecule has 5 heteroatoms. The van der Waals surface area contributed by atoms with Crippen molar-refractivity contribution in [3.05, 3.63) is 101 Å². The molecule has 31 heavy (non-hydrogen) atoms. The zero-order valence-electron chi connectivity index (χ0n) is 16.7. The van der Waals surface area contributed by atoms with Gasteiger partial charge >= 0.3 is 0 Å². The SMILES string of the molecule is O=C(NCCc1c[nH]c2ccc(Cl)cc12)c1cc(-c2ccccc2)nc2ccccc12. The molecule has 1 amide bonds. The van der Waals surface area contributed by atoms with Crippen LogP contribution in [0.5, 0.6) is 0 Å². The number of benzene rings is 3. The van der Waals surface area contributed by atoms with Gasteiger partial charge in [-0.05, 0) is 42.3 Å². The first kappa shape index (κ1) is 19.3. The van der Waals surface area contributed by atoms with Crippen molar-refractivity contribution in [2.45, 2.75) is 6.42 Å². The van der Waals surface area contributed by atoms with Crippen molar-refractivity contribution < 1.29 is 4.79 Å². The predicted molar refractivity (Wildman–Crippen MR) is 127 cm³/mol. The van der Waals surface area contributed by atoms with Gasteiger partial charge in [0.05, 0.1) is 16.8 Å². The summed E-state index contributed by atoms with van der Waals surface area (Å²) in [6.45, 7) is 0.523. The van der Waals surface area contributed by atoms with E-state index < -0.39 is 0 Å². The zero-order chi connectivity index (χ0) is 21.2. The summed E-state index contributed by atoms with van der Waals surface area (Å²) in [5, 5.41) is 5.71. The third-order valence-electron chi connectivity index (χ3n) is 5.44. The number of para-hydroxylation sites is 1. The van der Waals surface area contributed by atoms with Crippen LogP contribution in [0.2, 0.25) is 5.02 Å². The predicted octanol–water partition coefficient (Wildman–Crippen LogP) is 6.01. The van der Waals surface area contributed by atoms with Crippen LogP contribution in [-0.4, -0.2) is 22.4 Å². The summed E-state index contributed by atoms with van der Waals surface area (Å²) >= 11 is 6.14. The van der Waals surface area contributed by atoms with Crippen LogP contribution in [0, 0.1) is 0 Å². The monoisotopic (exact) mass is 425 g/mol. The lowest BCUT2D eigenvalue weighted by Crippen LogP contribution is -2.26. The second kappa shape index (κ2) is 8.25. The van der Waals surface area contributed by atoms with E-state index in [9.17, 15) is 4.79 Å². The summed E-state index contributed by atoms with van der Waals surface area (Å²) in [7, 11) is 0. The molecule has 2 heterocycles. The Hall–Kier alpha value is -3.63. The summed E-state index contributed by atoms with van der Waals surface area (Å²) < 4.78 is 0. The van der Waals surface area contributed by atoms with E-state index in [1.165, 1.54) is 0 Å². The lowest BCUT2D eigenvalue weighted by molar-refractivity contribution is 0.0956. The molecule has 2 aromatic heterocycles. The quantitative estimate of drug-likeness (QED) is 0.362. The Morgan fingerprint density at radius 3 is 2.61 bits per heavy atom. The Bertz CT molecular complexity index is 1390. The molecule has 0 fully saturated rings. The normalized spacial score (nSPS) is 11.1. The molecule has 0 radical (unpaired) electrons. The highest BCUT2D eigenvalue weighted by molar-refractivity contribution is 6.31. The maximum Gasteiger partial charge on any atom is 0.252 e. The van der Waals surface area contributed by atoms with Crippen molar-refractivity contribution in [3.8, 4) is 11.3 Å². The Morgan fingerprint density at radius 2 is 1.74 bits per heavy atom. The number of rotatable bonds is 5. The van der Waals surface area contributed by atoms with Crippen LogP contribution in [0.25, 0.3) is 33.1 Å². The summed E-state index contributed by atoms with van der Waals surface area (Å²) in [6.07, 6.45) is 2.68. The number of aromatic amines is 1. The topological polar surface area (TPSA) is 57.8 Å². The van der Waals surface area contributed by atoms with E-state index >= 15 is 0 Å². The molecular formula is C26H20ClN3O. The fraction of sp³-hybridized carbons (Fsp3) is 0.0769. The molecule has 0 bridgehead atoms. The minimum Gasteiger partial charge on any atom is -0.361 e. The van der Waals surface area contributed by atoms with Crippen molar-refractivity contribution >= 4 is 39.3 Å². The number of carbonyl (C=O) groups excluding carboxylic acids is 1. The zero-order valence-corrected chi connectivity index (χ0v) is 17.5. The maximum absolute atomic E-state index is 13.1. The third kappa shape index (κ3) is 3.90. The Labute approximate surface area is 184 Å². The lowest BCUT2D eigenvalue weighted by atomic mass is 10.0. The summed E-state index contributed by atoms with van der Waals surface area (Å²) in [5.74, 6) is -0.103. The second-order valence-electron chi connectivity index (χ2n) is 7.45. The summed E-state index contributed by atoms with van der Waals surface area (Å²) in [4.78, 5) is 21.1. The van der Waals surface area contributed by atoms with Crippen LogP contribution in [0.3, 0.4) is 0 Å². The van der Waals surface area contributed by atoms with Crippen molar-refractivity contribution in [2.24, 2.45) is 0 Å². The average molecular weight is 426 g/mol. The number of aromatic nitrogens is 2. The first-order valence-electron chi connectivity index (χ1n) is 10.2. The lowest BCUT2D eigenvalue weighted by Gasteiger charge is -2.11. The average Bonchev–Trinajstić information content (AvgIpc) is 3.20. The molecule has 0 unspecified atom stereocenters. The smallest absolute Gasteiger partial charge is 0.252 e. The van der Waals surface area contributed by atoms with Gasteiger partial charge in [0.15, 0.2) is 0 Å². The second-order valence-corrected chi connectivity index (χ2v) is 7.88. The minimum atomic E-state index is -0.103. The molecule has 0 saturated heterocycles. The van der Waals surface area contributed by atoms with E-state index in [-0.39, 0.29) is 5.91 Å². The van der Waals surface area contributed by atoms with Crippen LogP contribution in [0.1, 0.15) is 15.9 Å². The molecule has 0 aliphatic heterocycles. The number of halogens is 1. The first-order valence-corrected chi connectivity index (χ1v) is 10.6. The molecule has 3 aromatic carbocycles. The molecule has 0 atom stereocenters. The molecule has 4 nitrogen and oxygen atoms in total. The Balaban J connectivity index is 1.40. The van der Waals surface area contributed by atoms with Crippen LogP contribution in [0.4, 0.5) is 0 Å². The van der Waals surface area contributed by atoms with Gasteiger partial charge in [0.25, 0.3) is 5.91 Å². The van der Waals surface area contributed by atoms with Gasteiger partial charge in [-0.2, -0.15) is 0 Å². The van der Waals surface area contributed by atoms with Gasteiger partial charge < -0.3 is 10.3 Å². The highest BCUT2D eigenvalue weighted by atomic mass is 35.5. The van der Waals surface area contributed by atoms with E-state index in [0.717, 1.165) is 38.6 Å². The van der Waals surface area contributed by atoms with E-state index in [4.69, 9.17) is 16.6 Å². The van der Waals surface area contributed by atoms with Crippen molar-refractivity contribution in [1.29, 1.82) is 0 Å². The number of hydrogen-bond acceptors (Lipinski definition) is 2. The highest BCUT2D eigenvalue weighted by Crippen LogP contribution is 2.25. The largest absolute Gasteiger partial charge is 0.361 e. The number of fused-ring (bicyclic) bond motifs is 2. The van der Waals surface area contributed by atoms with Gasteiger partial charge in [0.1, 0.15) is 0 Å². The first-order chi connectivity index (χ1) is 15.2. The van der Waals surface area contributed by atoms with Crippen molar-refractivity contribution in [1.82, 2.24) is 15.3 Å². The molecule has 0 spiro atoms. The van der Waals surface area contributed by atoms with Gasteiger partial charge in [-0.15, -0.1) is 0 Å². The van der Waals surface area contributed by atoms with Crippen LogP contribution in [0.15, 0.2) is 85.1 Å². The highest BCUT2D eigenvalue weighted by Gasteiger charge is 2.14. The van der Waals surface area contributed by atoms with Gasteiger partial charge in [-0.3, -0.25) is 4.79 Å². The Kier molecular flexibility index (Phi) is 5.14. The molecule has 2 N–H and O–H groups in total. The summed E-state index contributed by atoms with van der Waals surface area (Å²) in [5.41, 5.74) is 5.38.